The van der Waals surface area contributed by atoms with Crippen molar-refractivity contribution in [3.8, 4) is 0 Å². The van der Waals surface area contributed by atoms with Gasteiger partial charge < -0.3 is 14.2 Å². The molecule has 6 heteroatoms. The predicted molar refractivity (Wildman–Crippen MR) is 256 cm³/mol. The molecule has 350 valence electrons. The molecule has 60 heavy (non-hydrogen) atoms. The minimum Gasteiger partial charge on any atom is -0.462 e. The summed E-state index contributed by atoms with van der Waals surface area (Å²) >= 11 is 0. The lowest BCUT2D eigenvalue weighted by Crippen LogP contribution is -2.30. The smallest absolute Gasteiger partial charge is 0.306 e. The summed E-state index contributed by atoms with van der Waals surface area (Å²) < 4.78 is 16.7. The molecule has 0 amide bonds. The van der Waals surface area contributed by atoms with E-state index in [4.69, 9.17) is 14.2 Å². The normalized spacial score (nSPS) is 12.2. The number of esters is 3. The molecule has 0 aromatic carbocycles. The SMILES string of the molecule is CCCC/C=C\C=C/CCCCCC(=O)OCC(COC(=O)CCCCCCCCCCCCCCCCCCCCC)OC(=O)CCCCCCC/C=C\CCCCC. The number of carbonyl (C=O) groups excluding carboxylic acids is 3. The summed E-state index contributed by atoms with van der Waals surface area (Å²) in [6.45, 7) is 6.55. The third-order valence-electron chi connectivity index (χ3n) is 11.4. The topological polar surface area (TPSA) is 78.9 Å². The van der Waals surface area contributed by atoms with Crippen LogP contribution in [0.4, 0.5) is 0 Å². The molecule has 0 aliphatic heterocycles. The second-order valence-electron chi connectivity index (χ2n) is 17.5. The average molecular weight is 843 g/mol. The van der Waals surface area contributed by atoms with Gasteiger partial charge >= 0.3 is 17.9 Å². The van der Waals surface area contributed by atoms with Crippen LogP contribution in [0.2, 0.25) is 0 Å². The molecule has 1 unspecified atom stereocenters. The van der Waals surface area contributed by atoms with Crippen LogP contribution in [0.25, 0.3) is 0 Å². The number of hydrogen-bond acceptors (Lipinski definition) is 6. The summed E-state index contributed by atoms with van der Waals surface area (Å²) in [6.07, 6.45) is 57.1. The maximum absolute atomic E-state index is 12.7. The van der Waals surface area contributed by atoms with Crippen molar-refractivity contribution in [1.82, 2.24) is 0 Å². The standard InChI is InChI=1S/C54H98O6/c1-4-7-10-13-16-19-22-24-25-26-27-28-29-30-33-35-38-41-44-47-53(56)59-50-51(49-58-52(55)46-43-40-37-34-31-21-18-15-12-9-6-3)60-54(57)48-45-42-39-36-32-23-20-17-14-11-8-5-2/h15,17-18,20-21,31,51H,4-14,16,19,22-30,32-50H2,1-3H3/b18-15-,20-17-,31-21-. The molecule has 0 fully saturated rings. The fourth-order valence-electron chi connectivity index (χ4n) is 7.41. The van der Waals surface area contributed by atoms with Crippen LogP contribution in [0.3, 0.4) is 0 Å². The zero-order valence-electron chi connectivity index (χ0n) is 40.0. The van der Waals surface area contributed by atoms with E-state index in [0.717, 1.165) is 83.5 Å². The Bertz CT molecular complexity index is 1020. The number of rotatable bonds is 47. The highest BCUT2D eigenvalue weighted by atomic mass is 16.6. The van der Waals surface area contributed by atoms with Crippen molar-refractivity contribution in [3.05, 3.63) is 36.5 Å². The van der Waals surface area contributed by atoms with E-state index in [9.17, 15) is 14.4 Å². The van der Waals surface area contributed by atoms with E-state index >= 15 is 0 Å². The van der Waals surface area contributed by atoms with Gasteiger partial charge in [-0.15, -0.1) is 0 Å². The van der Waals surface area contributed by atoms with E-state index in [1.807, 2.05) is 0 Å². The average Bonchev–Trinajstić information content (AvgIpc) is 3.24. The zero-order valence-corrected chi connectivity index (χ0v) is 40.0. The lowest BCUT2D eigenvalue weighted by Gasteiger charge is -2.18. The molecule has 1 atom stereocenters. The third kappa shape index (κ3) is 46.7. The van der Waals surface area contributed by atoms with Gasteiger partial charge in [0.05, 0.1) is 0 Å². The van der Waals surface area contributed by atoms with Crippen LogP contribution >= 0.6 is 0 Å². The Morgan fingerprint density at radius 2 is 0.617 bits per heavy atom. The highest BCUT2D eigenvalue weighted by molar-refractivity contribution is 5.71. The monoisotopic (exact) mass is 843 g/mol. The van der Waals surface area contributed by atoms with Crippen LogP contribution in [0.15, 0.2) is 36.5 Å². The van der Waals surface area contributed by atoms with Gasteiger partial charge in [-0.3, -0.25) is 14.4 Å². The molecule has 0 saturated heterocycles. The Kier molecular flexibility index (Phi) is 47.3. The maximum Gasteiger partial charge on any atom is 0.306 e. The molecule has 0 heterocycles. The van der Waals surface area contributed by atoms with Gasteiger partial charge in [0.15, 0.2) is 6.10 Å². The second kappa shape index (κ2) is 49.3. The van der Waals surface area contributed by atoms with Crippen molar-refractivity contribution in [2.75, 3.05) is 13.2 Å². The summed E-state index contributed by atoms with van der Waals surface area (Å²) in [5, 5.41) is 0. The van der Waals surface area contributed by atoms with Crippen LogP contribution in [0, 0.1) is 0 Å². The Labute approximate surface area is 372 Å². The number of unbranched alkanes of at least 4 members (excludes halogenated alkanes) is 31. The summed E-state index contributed by atoms with van der Waals surface area (Å²) in [5.74, 6) is -0.911. The molecule has 0 bridgehead atoms. The summed E-state index contributed by atoms with van der Waals surface area (Å²) in [4.78, 5) is 37.9. The molecule has 0 aliphatic rings. The molecule has 0 spiro atoms. The largest absolute Gasteiger partial charge is 0.462 e. The Morgan fingerprint density at radius 1 is 0.333 bits per heavy atom. The van der Waals surface area contributed by atoms with E-state index in [0.29, 0.717) is 19.3 Å². The van der Waals surface area contributed by atoms with Crippen molar-refractivity contribution in [2.45, 2.75) is 277 Å². The zero-order chi connectivity index (χ0) is 43.7. The van der Waals surface area contributed by atoms with Crippen molar-refractivity contribution in [3.63, 3.8) is 0 Å². The van der Waals surface area contributed by atoms with Gasteiger partial charge in [-0.2, -0.15) is 0 Å². The molecular weight excluding hydrogens is 745 g/mol. The third-order valence-corrected chi connectivity index (χ3v) is 11.4. The van der Waals surface area contributed by atoms with Crippen LogP contribution in [0.5, 0.6) is 0 Å². The van der Waals surface area contributed by atoms with Gasteiger partial charge in [0.2, 0.25) is 0 Å². The minimum atomic E-state index is -0.782. The fourth-order valence-corrected chi connectivity index (χ4v) is 7.41. The maximum atomic E-state index is 12.7. The van der Waals surface area contributed by atoms with Gasteiger partial charge in [0.1, 0.15) is 13.2 Å². The van der Waals surface area contributed by atoms with Crippen molar-refractivity contribution >= 4 is 17.9 Å². The van der Waals surface area contributed by atoms with Crippen LogP contribution < -0.4 is 0 Å². The lowest BCUT2D eigenvalue weighted by atomic mass is 10.0. The molecule has 6 nitrogen and oxygen atoms in total. The van der Waals surface area contributed by atoms with E-state index < -0.39 is 6.10 Å². The fraction of sp³-hybridized carbons (Fsp3) is 0.833. The first kappa shape index (κ1) is 57.6. The van der Waals surface area contributed by atoms with Crippen LogP contribution in [-0.4, -0.2) is 37.2 Å². The highest BCUT2D eigenvalue weighted by Crippen LogP contribution is 2.16. The first-order chi connectivity index (χ1) is 29.5. The van der Waals surface area contributed by atoms with Crippen LogP contribution in [-0.2, 0) is 28.6 Å². The van der Waals surface area contributed by atoms with Gasteiger partial charge in [-0.05, 0) is 64.2 Å². The van der Waals surface area contributed by atoms with E-state index in [2.05, 4.69) is 57.2 Å². The molecule has 0 saturated carbocycles. The van der Waals surface area contributed by atoms with Gasteiger partial charge in [-0.25, -0.2) is 0 Å². The Hall–Kier alpha value is -2.37. The quantitative estimate of drug-likeness (QED) is 0.0200. The van der Waals surface area contributed by atoms with Gasteiger partial charge in [0.25, 0.3) is 0 Å². The van der Waals surface area contributed by atoms with E-state index in [-0.39, 0.29) is 31.1 Å². The molecule has 0 rings (SSSR count). The molecule has 0 aromatic heterocycles. The minimum absolute atomic E-state index is 0.0812. The summed E-state index contributed by atoms with van der Waals surface area (Å²) in [5.41, 5.74) is 0. The number of allylic oxidation sites excluding steroid dienone is 6. The molecule has 0 aliphatic carbocycles. The van der Waals surface area contributed by atoms with Crippen molar-refractivity contribution in [2.24, 2.45) is 0 Å². The molecular formula is C54H98O6. The van der Waals surface area contributed by atoms with Crippen LogP contribution in [0.1, 0.15) is 271 Å². The first-order valence-electron chi connectivity index (χ1n) is 26.0. The van der Waals surface area contributed by atoms with Crippen molar-refractivity contribution < 1.29 is 28.6 Å². The second-order valence-corrected chi connectivity index (χ2v) is 17.5. The molecule has 0 N–H and O–H groups in total. The lowest BCUT2D eigenvalue weighted by molar-refractivity contribution is -0.167. The Morgan fingerprint density at radius 3 is 1.03 bits per heavy atom. The number of hydrogen-bond donors (Lipinski definition) is 0. The molecule has 0 aromatic rings. The first-order valence-corrected chi connectivity index (χ1v) is 26.0. The molecule has 0 radical (unpaired) electrons. The van der Waals surface area contributed by atoms with Crippen molar-refractivity contribution in [1.29, 1.82) is 0 Å². The number of carbonyl (C=O) groups is 3. The summed E-state index contributed by atoms with van der Waals surface area (Å²) in [7, 11) is 0. The summed E-state index contributed by atoms with van der Waals surface area (Å²) in [6, 6.07) is 0. The van der Waals surface area contributed by atoms with Gasteiger partial charge in [0, 0.05) is 19.3 Å². The number of ether oxygens (including phenoxy) is 3. The van der Waals surface area contributed by atoms with E-state index in [1.165, 1.54) is 148 Å². The van der Waals surface area contributed by atoms with E-state index in [1.54, 1.807) is 0 Å². The predicted octanol–water partition coefficient (Wildman–Crippen LogP) is 16.9. The Balaban J connectivity index is 4.29. The highest BCUT2D eigenvalue weighted by Gasteiger charge is 2.19. The van der Waals surface area contributed by atoms with Gasteiger partial charge in [-0.1, -0.05) is 224 Å².